The molecule has 5 rings (SSSR count). The number of nitrogens with one attached hydrogen (secondary N) is 1. The average Bonchev–Trinajstić information content (AvgIpc) is 2.95. The fourth-order valence-electron chi connectivity index (χ4n) is 6.03. The van der Waals surface area contributed by atoms with Gasteiger partial charge in [-0.15, -0.1) is 0 Å². The van der Waals surface area contributed by atoms with E-state index in [1.807, 2.05) is 44.9 Å². The second-order valence-corrected chi connectivity index (χ2v) is 15.5. The number of hydrogen-bond donors (Lipinski definition) is 1. The molecule has 3 aromatic rings. The van der Waals surface area contributed by atoms with E-state index in [2.05, 4.69) is 47.3 Å². The number of piperazine rings is 1. The van der Waals surface area contributed by atoms with Gasteiger partial charge in [0, 0.05) is 61.9 Å². The van der Waals surface area contributed by atoms with E-state index in [4.69, 9.17) is 14.7 Å². The first-order chi connectivity index (χ1) is 21.2. The van der Waals surface area contributed by atoms with Crippen molar-refractivity contribution in [3.05, 3.63) is 42.2 Å². The second kappa shape index (κ2) is 12.3. The highest BCUT2D eigenvalue weighted by molar-refractivity contribution is 7.91. The number of fused-ring (bicyclic) bond motifs is 1. The van der Waals surface area contributed by atoms with Gasteiger partial charge in [0.15, 0.2) is 9.84 Å². The van der Waals surface area contributed by atoms with E-state index in [-0.39, 0.29) is 29.7 Å². The molecule has 0 bridgehead atoms. The fraction of sp³-hybridized carbons (Fsp3) is 0.531. The third kappa shape index (κ3) is 6.91. The zero-order valence-electron chi connectivity index (χ0n) is 27.0. The standard InChI is InChI=1S/C32H42N8O4S/c1-20(2)23-8-9-26(40-19-27(21(40)3)45(7,42)43)25-17-35-29(16-24(23)25)36-28-11-13-34-30(37-28)38-14-15-39(22(18-38)10-12-33)31(41)44-32(4,5)6/h8-9,11,13,16-17,20-22,27H,10,14-15,18-19H2,1-7H3,(H,34,35,36,37)/t21-,22+,27+/m1/s1. The first-order valence-corrected chi connectivity index (χ1v) is 17.2. The maximum absolute atomic E-state index is 12.8. The van der Waals surface area contributed by atoms with Crippen LogP contribution < -0.4 is 15.1 Å². The van der Waals surface area contributed by atoms with Crippen molar-refractivity contribution in [2.45, 2.75) is 76.8 Å². The molecule has 2 fully saturated rings. The third-order valence-electron chi connectivity index (χ3n) is 8.42. The summed E-state index contributed by atoms with van der Waals surface area (Å²) in [5.41, 5.74) is 1.52. The van der Waals surface area contributed by atoms with Crippen LogP contribution in [0.15, 0.2) is 36.7 Å². The van der Waals surface area contributed by atoms with E-state index in [0.29, 0.717) is 43.8 Å². The van der Waals surface area contributed by atoms with Crippen LogP contribution in [0, 0.1) is 11.3 Å². The molecule has 2 aliphatic rings. The number of rotatable bonds is 7. The number of carbonyl (C=O) groups is 1. The average molecular weight is 635 g/mol. The van der Waals surface area contributed by atoms with Gasteiger partial charge in [-0.2, -0.15) is 10.2 Å². The smallest absolute Gasteiger partial charge is 0.410 e. The predicted octanol–water partition coefficient (Wildman–Crippen LogP) is 4.85. The Balaban J connectivity index is 1.37. The molecule has 13 heteroatoms. The number of hydrogen-bond acceptors (Lipinski definition) is 11. The number of amides is 1. The number of anilines is 4. The highest BCUT2D eigenvalue weighted by Gasteiger charge is 2.42. The van der Waals surface area contributed by atoms with Gasteiger partial charge in [0.05, 0.1) is 23.8 Å². The van der Waals surface area contributed by atoms with Crippen LogP contribution in [-0.2, 0) is 14.6 Å². The molecule has 0 spiro atoms. The van der Waals surface area contributed by atoms with Crippen LogP contribution in [0.2, 0.25) is 0 Å². The van der Waals surface area contributed by atoms with Crippen LogP contribution in [-0.4, -0.2) is 89.7 Å². The van der Waals surface area contributed by atoms with Gasteiger partial charge in [0.1, 0.15) is 17.2 Å². The molecule has 45 heavy (non-hydrogen) atoms. The number of nitrogens with zero attached hydrogens (tertiary/aromatic N) is 7. The van der Waals surface area contributed by atoms with Crippen molar-refractivity contribution in [3.63, 3.8) is 0 Å². The van der Waals surface area contributed by atoms with Crippen LogP contribution >= 0.6 is 0 Å². The summed E-state index contributed by atoms with van der Waals surface area (Å²) >= 11 is 0. The van der Waals surface area contributed by atoms with Crippen molar-refractivity contribution >= 4 is 50.0 Å². The zero-order valence-corrected chi connectivity index (χ0v) is 27.8. The summed E-state index contributed by atoms with van der Waals surface area (Å²) in [4.78, 5) is 32.5. The summed E-state index contributed by atoms with van der Waals surface area (Å²) in [5.74, 6) is 1.94. The van der Waals surface area contributed by atoms with Crippen LogP contribution in [0.4, 0.5) is 28.1 Å². The number of pyridine rings is 1. The molecule has 12 nitrogen and oxygen atoms in total. The van der Waals surface area contributed by atoms with Crippen LogP contribution in [0.5, 0.6) is 0 Å². The van der Waals surface area contributed by atoms with E-state index < -0.39 is 21.5 Å². The monoisotopic (exact) mass is 634 g/mol. The Bertz CT molecular complexity index is 1730. The third-order valence-corrected chi connectivity index (χ3v) is 10.1. The van der Waals surface area contributed by atoms with Crippen LogP contribution in [0.25, 0.3) is 10.8 Å². The van der Waals surface area contributed by atoms with Crippen molar-refractivity contribution in [2.24, 2.45) is 0 Å². The molecule has 2 aliphatic heterocycles. The molecular weight excluding hydrogens is 592 g/mol. The molecule has 3 atom stereocenters. The number of carbonyl (C=O) groups excluding carboxylic acids is 1. The molecule has 2 saturated heterocycles. The molecule has 0 aliphatic carbocycles. The summed E-state index contributed by atoms with van der Waals surface area (Å²) in [6, 6.07) is 9.68. The fourth-order valence-corrected chi connectivity index (χ4v) is 7.33. The van der Waals surface area contributed by atoms with Crippen LogP contribution in [0.3, 0.4) is 0 Å². The Morgan fingerprint density at radius 2 is 1.89 bits per heavy atom. The Labute approximate surface area is 265 Å². The zero-order chi connectivity index (χ0) is 32.7. The quantitative estimate of drug-likeness (QED) is 0.381. The number of sulfone groups is 1. The van der Waals surface area contributed by atoms with Crippen molar-refractivity contribution in [2.75, 3.05) is 47.6 Å². The van der Waals surface area contributed by atoms with Crippen molar-refractivity contribution in [3.8, 4) is 6.07 Å². The molecule has 1 N–H and O–H groups in total. The number of ether oxygens (including phenoxy) is 1. The van der Waals surface area contributed by atoms with Gasteiger partial charge in [-0.3, -0.25) is 0 Å². The predicted molar refractivity (Wildman–Crippen MR) is 176 cm³/mol. The first-order valence-electron chi connectivity index (χ1n) is 15.3. The van der Waals surface area contributed by atoms with E-state index in [1.54, 1.807) is 17.2 Å². The summed E-state index contributed by atoms with van der Waals surface area (Å²) in [7, 11) is -3.12. The van der Waals surface area contributed by atoms with Crippen molar-refractivity contribution < 1.29 is 17.9 Å². The number of aromatic nitrogens is 3. The SMILES string of the molecule is CC(C)c1ccc(N2C[C@H](S(C)(=O)=O)[C@H]2C)c2cnc(Nc3ccnc(N4CCN(C(=O)OC(C)(C)C)[C@@H](CC#N)C4)n3)cc12. The minimum absolute atomic E-state index is 0.121. The van der Waals surface area contributed by atoms with Gasteiger partial charge in [0.25, 0.3) is 0 Å². The van der Waals surface area contributed by atoms with Gasteiger partial charge >= 0.3 is 6.09 Å². The molecule has 4 heterocycles. The lowest BCUT2D eigenvalue weighted by molar-refractivity contribution is 0.0144. The lowest BCUT2D eigenvalue weighted by Crippen LogP contribution is -2.61. The molecule has 0 radical (unpaired) electrons. The molecule has 1 aromatic carbocycles. The Hall–Kier alpha value is -4.18. The van der Waals surface area contributed by atoms with E-state index in [0.717, 1.165) is 16.5 Å². The Morgan fingerprint density at radius 3 is 2.53 bits per heavy atom. The summed E-state index contributed by atoms with van der Waals surface area (Å²) in [5, 5.41) is 14.4. The molecule has 240 valence electrons. The van der Waals surface area contributed by atoms with Crippen LogP contribution in [0.1, 0.15) is 59.4 Å². The molecule has 0 saturated carbocycles. The van der Waals surface area contributed by atoms with E-state index in [1.165, 1.54) is 11.8 Å². The minimum Gasteiger partial charge on any atom is -0.444 e. The Kier molecular flexibility index (Phi) is 8.81. The van der Waals surface area contributed by atoms with E-state index in [9.17, 15) is 18.5 Å². The molecule has 2 aromatic heterocycles. The maximum Gasteiger partial charge on any atom is 0.410 e. The first kappa shape index (κ1) is 32.2. The maximum atomic E-state index is 12.8. The lowest BCUT2D eigenvalue weighted by Gasteiger charge is -2.47. The molecular formula is C32H42N8O4S. The summed E-state index contributed by atoms with van der Waals surface area (Å²) < 4.78 is 29.9. The van der Waals surface area contributed by atoms with Gasteiger partial charge in [-0.25, -0.2) is 23.2 Å². The van der Waals surface area contributed by atoms with Gasteiger partial charge in [-0.1, -0.05) is 19.9 Å². The number of benzene rings is 1. The number of nitriles is 1. The minimum atomic E-state index is -3.12. The van der Waals surface area contributed by atoms with Gasteiger partial charge < -0.3 is 24.8 Å². The summed E-state index contributed by atoms with van der Waals surface area (Å²) in [6.07, 6.45) is 4.55. The second-order valence-electron chi connectivity index (χ2n) is 13.2. The molecule has 1 amide bonds. The Morgan fingerprint density at radius 1 is 1.13 bits per heavy atom. The van der Waals surface area contributed by atoms with Gasteiger partial charge in [0.2, 0.25) is 5.95 Å². The van der Waals surface area contributed by atoms with E-state index >= 15 is 0 Å². The highest BCUT2D eigenvalue weighted by Crippen LogP contribution is 2.39. The van der Waals surface area contributed by atoms with Gasteiger partial charge in [-0.05, 0) is 62.8 Å². The summed E-state index contributed by atoms with van der Waals surface area (Å²) in [6.45, 7) is 13.5. The largest absolute Gasteiger partial charge is 0.444 e. The topological polar surface area (TPSA) is 145 Å². The van der Waals surface area contributed by atoms with Crippen molar-refractivity contribution in [1.82, 2.24) is 19.9 Å². The molecule has 0 unspecified atom stereocenters. The van der Waals surface area contributed by atoms with Crippen molar-refractivity contribution in [1.29, 1.82) is 5.26 Å². The normalized spacial score (nSPS) is 20.6. The highest BCUT2D eigenvalue weighted by atomic mass is 32.2. The lowest BCUT2D eigenvalue weighted by atomic mass is 9.93.